The number of carbonyl (C=O) groups excluding carboxylic acids is 3. The lowest BCUT2D eigenvalue weighted by atomic mass is 9.57. The van der Waals surface area contributed by atoms with Crippen molar-refractivity contribution < 1.29 is 34.8 Å². The Bertz CT molecular complexity index is 1450. The smallest absolute Gasteiger partial charge is 0.202 e. The highest BCUT2D eigenvalue weighted by molar-refractivity contribution is 6.25. The fourth-order valence-corrected chi connectivity index (χ4v) is 7.96. The van der Waals surface area contributed by atoms with Crippen LogP contribution < -0.4 is 4.90 Å². The van der Waals surface area contributed by atoms with E-state index in [1.54, 1.807) is 19.0 Å². The highest BCUT2D eigenvalue weighted by atomic mass is 16.3. The Morgan fingerprint density at radius 1 is 1.10 bits per heavy atom. The number of fused-ring (bicyclic) bond motifs is 3. The first kappa shape index (κ1) is 27.9. The zero-order chi connectivity index (χ0) is 29.8. The molecule has 5 aliphatic rings. The van der Waals surface area contributed by atoms with Crippen LogP contribution in [0.4, 0.5) is 5.69 Å². The summed E-state index contributed by atoms with van der Waals surface area (Å²) < 4.78 is 0. The number of hydrogen-bond acceptors (Lipinski definition) is 10. The molecule has 1 saturated heterocycles. The summed E-state index contributed by atoms with van der Waals surface area (Å²) >= 11 is 0. The van der Waals surface area contributed by atoms with Gasteiger partial charge in [0, 0.05) is 49.9 Å². The van der Waals surface area contributed by atoms with Gasteiger partial charge in [-0.05, 0) is 82.6 Å². The number of phenols is 1. The molecule has 41 heavy (non-hydrogen) atoms. The van der Waals surface area contributed by atoms with E-state index in [1.807, 2.05) is 25.1 Å². The first-order valence-electron chi connectivity index (χ1n) is 14.3. The van der Waals surface area contributed by atoms with E-state index in [-0.39, 0.29) is 23.3 Å². The Labute approximate surface area is 239 Å². The summed E-state index contributed by atoms with van der Waals surface area (Å²) in [7, 11) is 7.03. The van der Waals surface area contributed by atoms with Crippen molar-refractivity contribution in [2.45, 2.75) is 57.2 Å². The highest BCUT2D eigenvalue weighted by Gasteiger charge is 2.64. The molecule has 10 nitrogen and oxygen atoms in total. The standard InChI is InChI=1S/C31H39N3O7/c1-15(35)21-27(38)24(33(4)5)19-11-16-10-18-20(32(2)3)12-17(13-34-9-8-30(14-34)6-7-30)25(36)23(18)26(37)22(16)29(40)31(19,41)28(21)39/h12,16,19,24,36-37,39,41H,6-11,13-14H2,1-5H3/t16-,19-,24-,31+/m0/s1. The molecule has 6 rings (SSSR count). The molecule has 4 aliphatic carbocycles. The van der Waals surface area contributed by atoms with Crippen molar-refractivity contribution in [1.29, 1.82) is 0 Å². The Morgan fingerprint density at radius 3 is 2.34 bits per heavy atom. The van der Waals surface area contributed by atoms with E-state index in [4.69, 9.17) is 0 Å². The molecule has 1 aromatic rings. The summed E-state index contributed by atoms with van der Waals surface area (Å²) in [6.07, 6.45) is 4.00. The predicted octanol–water partition coefficient (Wildman–Crippen LogP) is 2.12. The fraction of sp³-hybridized carbons (Fsp3) is 0.581. The van der Waals surface area contributed by atoms with Crippen LogP contribution >= 0.6 is 0 Å². The maximum Gasteiger partial charge on any atom is 0.202 e. The minimum atomic E-state index is -2.56. The molecule has 0 bridgehead atoms. The van der Waals surface area contributed by atoms with Crippen molar-refractivity contribution in [1.82, 2.24) is 9.80 Å². The summed E-state index contributed by atoms with van der Waals surface area (Å²) in [4.78, 5) is 45.7. The molecule has 0 unspecified atom stereocenters. The van der Waals surface area contributed by atoms with Crippen molar-refractivity contribution >= 4 is 28.8 Å². The second-order valence-electron chi connectivity index (χ2n) is 13.3. The number of anilines is 1. The summed E-state index contributed by atoms with van der Waals surface area (Å²) in [5.41, 5.74) is -0.518. The third kappa shape index (κ3) is 3.90. The summed E-state index contributed by atoms with van der Waals surface area (Å²) in [6.45, 7) is 3.52. The van der Waals surface area contributed by atoms with Crippen molar-refractivity contribution in [2.24, 2.45) is 17.3 Å². The lowest BCUT2D eigenvalue weighted by Crippen LogP contribution is -2.65. The lowest BCUT2D eigenvalue weighted by Gasteiger charge is -2.50. The Hall–Kier alpha value is -3.21. The van der Waals surface area contributed by atoms with Crippen LogP contribution in [0.25, 0.3) is 5.76 Å². The van der Waals surface area contributed by atoms with E-state index >= 15 is 0 Å². The van der Waals surface area contributed by atoms with Crippen LogP contribution in [0, 0.1) is 17.3 Å². The Kier molecular flexibility index (Phi) is 6.23. The molecule has 0 radical (unpaired) electrons. The van der Waals surface area contributed by atoms with E-state index < -0.39 is 57.9 Å². The number of Topliss-reactive ketones (excluding diaryl/α,β-unsaturated/α-hetero) is 3. The number of likely N-dealkylation sites (tertiary alicyclic amines) is 1. The van der Waals surface area contributed by atoms with Crippen LogP contribution in [0.2, 0.25) is 0 Å². The van der Waals surface area contributed by atoms with E-state index in [9.17, 15) is 34.8 Å². The quantitative estimate of drug-likeness (QED) is 0.392. The molecular weight excluding hydrogens is 526 g/mol. The average molecular weight is 566 g/mol. The average Bonchev–Trinajstić information content (AvgIpc) is 3.52. The molecule has 1 aliphatic heterocycles. The molecule has 1 aromatic carbocycles. The van der Waals surface area contributed by atoms with Crippen molar-refractivity contribution in [3.8, 4) is 5.75 Å². The van der Waals surface area contributed by atoms with Crippen molar-refractivity contribution in [2.75, 3.05) is 46.2 Å². The monoisotopic (exact) mass is 565 g/mol. The predicted molar refractivity (Wildman–Crippen MR) is 152 cm³/mol. The van der Waals surface area contributed by atoms with Crippen LogP contribution in [0.5, 0.6) is 5.75 Å². The lowest BCUT2D eigenvalue weighted by molar-refractivity contribution is -0.153. The molecule has 3 fully saturated rings. The minimum Gasteiger partial charge on any atom is -0.508 e. The van der Waals surface area contributed by atoms with Gasteiger partial charge in [0.2, 0.25) is 5.78 Å². The molecule has 10 heteroatoms. The fourth-order valence-electron chi connectivity index (χ4n) is 7.96. The van der Waals surface area contributed by atoms with Gasteiger partial charge in [0.1, 0.15) is 22.8 Å². The number of aliphatic hydroxyl groups excluding tert-OH is 2. The van der Waals surface area contributed by atoms with Gasteiger partial charge in [-0.2, -0.15) is 0 Å². The van der Waals surface area contributed by atoms with E-state index in [2.05, 4.69) is 4.90 Å². The zero-order valence-corrected chi connectivity index (χ0v) is 24.3. The number of rotatable bonds is 5. The first-order valence-corrected chi connectivity index (χ1v) is 14.3. The number of nitrogens with zero attached hydrogens (tertiary/aromatic N) is 3. The van der Waals surface area contributed by atoms with Crippen LogP contribution in [0.3, 0.4) is 0 Å². The van der Waals surface area contributed by atoms with Crippen LogP contribution in [0.15, 0.2) is 23.0 Å². The normalized spacial score (nSPS) is 30.6. The van der Waals surface area contributed by atoms with Gasteiger partial charge in [0.25, 0.3) is 0 Å². The second-order valence-corrected chi connectivity index (χ2v) is 13.3. The first-order chi connectivity index (χ1) is 19.2. The second kappa shape index (κ2) is 9.14. The van der Waals surface area contributed by atoms with E-state index in [0.29, 0.717) is 29.5 Å². The maximum atomic E-state index is 14.2. The van der Waals surface area contributed by atoms with Gasteiger partial charge >= 0.3 is 0 Å². The van der Waals surface area contributed by atoms with E-state index in [0.717, 1.165) is 32.1 Å². The number of phenolic OH excluding ortho intramolecular Hbond substituents is 1. The molecule has 1 heterocycles. The maximum absolute atomic E-state index is 14.2. The molecule has 4 N–H and O–H groups in total. The van der Waals surface area contributed by atoms with Gasteiger partial charge in [-0.25, -0.2) is 0 Å². The summed E-state index contributed by atoms with van der Waals surface area (Å²) in [5.74, 6) is -5.41. The third-order valence-electron chi connectivity index (χ3n) is 10.2. The van der Waals surface area contributed by atoms with Gasteiger partial charge in [0.15, 0.2) is 17.2 Å². The summed E-state index contributed by atoms with van der Waals surface area (Å²) in [5, 5.41) is 46.2. The third-order valence-corrected chi connectivity index (χ3v) is 10.2. The van der Waals surface area contributed by atoms with Crippen LogP contribution in [0.1, 0.15) is 49.3 Å². The number of likely N-dealkylation sites (N-methyl/N-ethyl adjacent to an activating group) is 1. The topological polar surface area (TPSA) is 142 Å². The van der Waals surface area contributed by atoms with Crippen LogP contribution in [-0.4, -0.2) is 100 Å². The highest BCUT2D eigenvalue weighted by Crippen LogP contribution is 2.55. The molecule has 0 amide bonds. The molecular formula is C31H39N3O7. The molecule has 1 spiro atoms. The van der Waals surface area contributed by atoms with Gasteiger partial charge in [0.05, 0.1) is 11.6 Å². The molecule has 0 aromatic heterocycles. The van der Waals surface area contributed by atoms with Crippen LogP contribution in [-0.2, 0) is 27.3 Å². The minimum absolute atomic E-state index is 0.0900. The number of benzene rings is 1. The molecule has 4 atom stereocenters. The van der Waals surface area contributed by atoms with Gasteiger partial charge in [-0.15, -0.1) is 0 Å². The summed E-state index contributed by atoms with van der Waals surface area (Å²) in [6, 6.07) is 0.925. The Morgan fingerprint density at radius 2 is 1.78 bits per heavy atom. The number of hydrogen-bond donors (Lipinski definition) is 4. The van der Waals surface area contributed by atoms with Gasteiger partial charge in [-0.3, -0.25) is 24.2 Å². The SMILES string of the molecule is CC(=O)C1=C(O)[C@@]2(O)C(=O)C3=C(O)c4c(O)c(CN5CCC6(CC6)C5)cc(N(C)C)c4C[C@H]3C[C@H]2[C@H](N(C)C)C1=O. The van der Waals surface area contributed by atoms with Gasteiger partial charge in [-0.1, -0.05) is 0 Å². The number of aliphatic hydroxyl groups is 3. The van der Waals surface area contributed by atoms with Crippen molar-refractivity contribution in [3.05, 3.63) is 39.7 Å². The number of carbonyl (C=O) groups is 3. The Balaban J connectivity index is 1.49. The largest absolute Gasteiger partial charge is 0.508 e. The van der Waals surface area contributed by atoms with Gasteiger partial charge < -0.3 is 25.3 Å². The zero-order valence-electron chi connectivity index (χ0n) is 24.3. The van der Waals surface area contributed by atoms with E-state index in [1.165, 1.54) is 12.8 Å². The van der Waals surface area contributed by atoms with Crippen molar-refractivity contribution in [3.63, 3.8) is 0 Å². The number of aromatic hydroxyl groups is 1. The number of ketones is 3. The molecule has 2 saturated carbocycles. The molecule has 220 valence electrons.